The van der Waals surface area contributed by atoms with Gasteiger partial charge in [0.25, 0.3) is 0 Å². The van der Waals surface area contributed by atoms with Crippen LogP contribution in [-0.2, 0) is 19.1 Å². The number of hydrogen-bond donors (Lipinski definition) is 1. The minimum absolute atomic E-state index is 0.00583. The Hall–Kier alpha value is -1.39. The van der Waals surface area contributed by atoms with Crippen molar-refractivity contribution in [2.45, 2.75) is 12.8 Å². The molecule has 0 saturated heterocycles. The highest BCUT2D eigenvalue weighted by Crippen LogP contribution is 1.94. The van der Waals surface area contributed by atoms with Gasteiger partial charge in [-0.25, -0.2) is 0 Å². The van der Waals surface area contributed by atoms with Crippen LogP contribution in [0.4, 0.5) is 0 Å². The van der Waals surface area contributed by atoms with Gasteiger partial charge in [0, 0.05) is 5.71 Å². The maximum absolute atomic E-state index is 10.6. The van der Waals surface area contributed by atoms with Gasteiger partial charge in [-0.15, -0.1) is 0 Å². The van der Waals surface area contributed by atoms with E-state index in [4.69, 9.17) is 5.41 Å². The van der Waals surface area contributed by atoms with E-state index < -0.39 is 11.9 Å². The average Bonchev–Trinajstić information content (AvgIpc) is 2.03. The summed E-state index contributed by atoms with van der Waals surface area (Å²) in [6.45, 7) is 0. The van der Waals surface area contributed by atoms with Crippen molar-refractivity contribution in [2.24, 2.45) is 0 Å². The number of nitrogens with one attached hydrogen (secondary N) is 1. The lowest BCUT2D eigenvalue weighted by atomic mass is 10.2. The molecular weight excluding hydrogens is 162 g/mol. The first-order valence-corrected chi connectivity index (χ1v) is 3.30. The summed E-state index contributed by atoms with van der Waals surface area (Å²) in [5, 5.41) is 7.15. The molecular formula is C7H11NO4. The number of rotatable bonds is 4. The van der Waals surface area contributed by atoms with Gasteiger partial charge in [-0.2, -0.15) is 0 Å². The Balaban J connectivity index is 3.74. The van der Waals surface area contributed by atoms with Crippen molar-refractivity contribution in [3.63, 3.8) is 0 Å². The SMILES string of the molecule is COC(=O)CC(=N)CC(=O)OC. The van der Waals surface area contributed by atoms with E-state index >= 15 is 0 Å². The van der Waals surface area contributed by atoms with Gasteiger partial charge >= 0.3 is 11.9 Å². The molecule has 0 spiro atoms. The monoisotopic (exact) mass is 173 g/mol. The Morgan fingerprint density at radius 1 is 1.08 bits per heavy atom. The van der Waals surface area contributed by atoms with Crippen LogP contribution in [0, 0.1) is 5.41 Å². The van der Waals surface area contributed by atoms with Crippen molar-refractivity contribution in [2.75, 3.05) is 14.2 Å². The molecule has 68 valence electrons. The van der Waals surface area contributed by atoms with Crippen LogP contribution < -0.4 is 0 Å². The van der Waals surface area contributed by atoms with Gasteiger partial charge in [-0.05, 0) is 0 Å². The van der Waals surface area contributed by atoms with Crippen molar-refractivity contribution >= 4 is 17.7 Å². The van der Waals surface area contributed by atoms with Crippen molar-refractivity contribution in [1.29, 1.82) is 5.41 Å². The molecule has 0 aromatic rings. The molecule has 0 unspecified atom stereocenters. The third-order valence-corrected chi connectivity index (χ3v) is 1.17. The van der Waals surface area contributed by atoms with Crippen LogP contribution in [0.15, 0.2) is 0 Å². The summed E-state index contributed by atoms with van der Waals surface area (Å²) in [7, 11) is 2.46. The Morgan fingerprint density at radius 2 is 1.42 bits per heavy atom. The number of carbonyl (C=O) groups excluding carboxylic acids is 2. The van der Waals surface area contributed by atoms with Crippen LogP contribution >= 0.6 is 0 Å². The molecule has 0 aromatic heterocycles. The lowest BCUT2D eigenvalue weighted by molar-refractivity contribution is -0.139. The molecule has 0 saturated carbocycles. The second-order valence-corrected chi connectivity index (χ2v) is 2.11. The zero-order valence-electron chi connectivity index (χ0n) is 7.05. The summed E-state index contributed by atoms with van der Waals surface area (Å²) in [4.78, 5) is 21.2. The summed E-state index contributed by atoms with van der Waals surface area (Å²) >= 11 is 0. The van der Waals surface area contributed by atoms with Crippen LogP contribution in [-0.4, -0.2) is 31.9 Å². The maximum Gasteiger partial charge on any atom is 0.311 e. The molecule has 0 aromatic carbocycles. The number of hydrogen-bond acceptors (Lipinski definition) is 5. The van der Waals surface area contributed by atoms with Gasteiger partial charge in [0.1, 0.15) is 0 Å². The Morgan fingerprint density at radius 3 is 1.67 bits per heavy atom. The fraction of sp³-hybridized carbons (Fsp3) is 0.571. The minimum Gasteiger partial charge on any atom is -0.469 e. The zero-order valence-corrected chi connectivity index (χ0v) is 7.05. The Kier molecular flexibility index (Phi) is 4.67. The van der Waals surface area contributed by atoms with E-state index in [1.807, 2.05) is 0 Å². The van der Waals surface area contributed by atoms with E-state index in [0.29, 0.717) is 0 Å². The fourth-order valence-electron chi connectivity index (χ4n) is 0.555. The number of esters is 2. The highest BCUT2D eigenvalue weighted by Gasteiger charge is 2.10. The third kappa shape index (κ3) is 4.43. The van der Waals surface area contributed by atoms with Crippen LogP contribution in [0.5, 0.6) is 0 Å². The van der Waals surface area contributed by atoms with Crippen LogP contribution in [0.25, 0.3) is 0 Å². The average molecular weight is 173 g/mol. The molecule has 0 aliphatic rings. The molecule has 0 radical (unpaired) electrons. The Labute approximate surface area is 70.2 Å². The molecule has 0 aliphatic carbocycles. The molecule has 0 bridgehead atoms. The third-order valence-electron chi connectivity index (χ3n) is 1.17. The largest absolute Gasteiger partial charge is 0.469 e. The predicted octanol–water partition coefficient (Wildman–Crippen LogP) is 0.132. The van der Waals surface area contributed by atoms with E-state index in [1.165, 1.54) is 14.2 Å². The highest BCUT2D eigenvalue weighted by molar-refractivity contribution is 6.04. The van der Waals surface area contributed by atoms with Crippen LogP contribution in [0.3, 0.4) is 0 Å². The quantitative estimate of drug-likeness (QED) is 0.484. The lowest BCUT2D eigenvalue weighted by Crippen LogP contribution is -2.13. The van der Waals surface area contributed by atoms with E-state index in [0.717, 1.165) is 0 Å². The first-order chi connectivity index (χ1) is 5.60. The standard InChI is InChI=1S/C7H11NO4/c1-11-6(9)3-5(8)4-7(10)12-2/h8H,3-4H2,1-2H3. The van der Waals surface area contributed by atoms with E-state index in [1.54, 1.807) is 0 Å². The van der Waals surface area contributed by atoms with E-state index in [-0.39, 0.29) is 18.6 Å². The smallest absolute Gasteiger partial charge is 0.311 e. The molecule has 0 rings (SSSR count). The molecule has 12 heavy (non-hydrogen) atoms. The van der Waals surface area contributed by atoms with E-state index in [2.05, 4.69) is 9.47 Å². The van der Waals surface area contributed by atoms with Crippen LogP contribution in [0.2, 0.25) is 0 Å². The van der Waals surface area contributed by atoms with E-state index in [9.17, 15) is 9.59 Å². The zero-order chi connectivity index (χ0) is 9.56. The molecule has 0 fully saturated rings. The molecule has 0 atom stereocenters. The van der Waals surface area contributed by atoms with Crippen molar-refractivity contribution in [3.05, 3.63) is 0 Å². The fourth-order valence-corrected chi connectivity index (χ4v) is 0.555. The summed E-state index contributed by atoms with van der Waals surface area (Å²) in [6.07, 6.45) is -0.322. The topological polar surface area (TPSA) is 76.5 Å². The predicted molar refractivity (Wildman–Crippen MR) is 41.0 cm³/mol. The van der Waals surface area contributed by atoms with Gasteiger partial charge in [-0.3, -0.25) is 9.59 Å². The summed E-state index contributed by atoms with van der Waals surface area (Å²) in [6, 6.07) is 0. The van der Waals surface area contributed by atoms with Gasteiger partial charge < -0.3 is 14.9 Å². The number of carbonyl (C=O) groups is 2. The number of ether oxygens (including phenoxy) is 2. The normalized spacial score (nSPS) is 8.83. The second-order valence-electron chi connectivity index (χ2n) is 2.11. The molecule has 5 nitrogen and oxygen atoms in total. The van der Waals surface area contributed by atoms with Gasteiger partial charge in [0.05, 0.1) is 27.1 Å². The first-order valence-electron chi connectivity index (χ1n) is 3.30. The summed E-state index contributed by atoms with van der Waals surface area (Å²) < 4.78 is 8.61. The minimum atomic E-state index is -0.524. The first kappa shape index (κ1) is 10.6. The lowest BCUT2D eigenvalue weighted by Gasteiger charge is -2.00. The second kappa shape index (κ2) is 5.29. The van der Waals surface area contributed by atoms with Crippen molar-refractivity contribution < 1.29 is 19.1 Å². The molecule has 0 aliphatic heterocycles. The van der Waals surface area contributed by atoms with Crippen LogP contribution in [0.1, 0.15) is 12.8 Å². The number of methoxy groups -OCH3 is 2. The molecule has 0 amide bonds. The Bertz CT molecular complexity index is 180. The molecule has 0 heterocycles. The molecule has 5 heteroatoms. The molecule has 1 N–H and O–H groups in total. The maximum atomic E-state index is 10.6. The van der Waals surface area contributed by atoms with Gasteiger partial charge in [-0.1, -0.05) is 0 Å². The van der Waals surface area contributed by atoms with Gasteiger partial charge in [0.2, 0.25) is 0 Å². The van der Waals surface area contributed by atoms with Crippen molar-refractivity contribution in [3.8, 4) is 0 Å². The van der Waals surface area contributed by atoms with Gasteiger partial charge in [0.15, 0.2) is 0 Å². The highest BCUT2D eigenvalue weighted by atomic mass is 16.5. The van der Waals surface area contributed by atoms with Crippen molar-refractivity contribution in [1.82, 2.24) is 0 Å². The summed E-state index contributed by atoms with van der Waals surface area (Å²) in [5.41, 5.74) is -0.00583. The summed E-state index contributed by atoms with van der Waals surface area (Å²) in [5.74, 6) is -1.05.